The SMILES string of the molecule is C=S1(=O)CCCCNC1. The first-order chi connectivity index (χ1) is 4.21. The molecule has 0 saturated carbocycles. The molecule has 1 N–H and O–H groups in total. The minimum Gasteiger partial charge on any atom is -0.306 e. The molecule has 0 aromatic rings. The number of hydrogen-bond donors (Lipinski definition) is 1. The summed E-state index contributed by atoms with van der Waals surface area (Å²) in [5.74, 6) is 5.08. The molecule has 1 saturated heterocycles. The quantitative estimate of drug-likeness (QED) is 0.490. The second kappa shape index (κ2) is 2.71. The van der Waals surface area contributed by atoms with Crippen LogP contribution < -0.4 is 5.32 Å². The van der Waals surface area contributed by atoms with Crippen LogP contribution in [0.4, 0.5) is 0 Å². The summed E-state index contributed by atoms with van der Waals surface area (Å²) in [6.07, 6.45) is 2.21. The molecule has 0 spiro atoms. The lowest BCUT2D eigenvalue weighted by molar-refractivity contribution is 0.677. The summed E-state index contributed by atoms with van der Waals surface area (Å²) in [5, 5.41) is 3.10. The molecule has 1 unspecified atom stereocenters. The van der Waals surface area contributed by atoms with E-state index in [0.717, 1.165) is 25.1 Å². The highest BCUT2D eigenvalue weighted by molar-refractivity contribution is 8.00. The first-order valence-electron chi connectivity index (χ1n) is 3.24. The van der Waals surface area contributed by atoms with E-state index in [-0.39, 0.29) is 0 Å². The van der Waals surface area contributed by atoms with Crippen molar-refractivity contribution in [2.24, 2.45) is 0 Å². The third kappa shape index (κ3) is 2.37. The minimum absolute atomic E-state index is 0.618. The lowest BCUT2D eigenvalue weighted by Gasteiger charge is -2.01. The fourth-order valence-corrected chi connectivity index (χ4v) is 2.34. The largest absolute Gasteiger partial charge is 0.306 e. The zero-order valence-corrected chi connectivity index (χ0v) is 6.38. The zero-order chi connectivity index (χ0) is 6.74. The third-order valence-corrected chi connectivity index (χ3v) is 3.25. The summed E-state index contributed by atoms with van der Waals surface area (Å²) < 4.78 is 11.3. The van der Waals surface area contributed by atoms with Gasteiger partial charge in [-0.3, -0.25) is 4.21 Å². The van der Waals surface area contributed by atoms with Crippen LogP contribution >= 0.6 is 0 Å². The van der Waals surface area contributed by atoms with Crippen LogP contribution in [0.3, 0.4) is 0 Å². The molecule has 3 heteroatoms. The zero-order valence-electron chi connectivity index (χ0n) is 5.56. The first kappa shape index (κ1) is 7.09. The van der Waals surface area contributed by atoms with Gasteiger partial charge in [0.05, 0.1) is 5.88 Å². The Labute approximate surface area is 56.7 Å². The van der Waals surface area contributed by atoms with Crippen LogP contribution in [0, 0.1) is 0 Å². The summed E-state index contributed by atoms with van der Waals surface area (Å²) in [7, 11) is -1.73. The second-order valence-corrected chi connectivity index (χ2v) is 5.15. The van der Waals surface area contributed by atoms with Crippen LogP contribution in [0.1, 0.15) is 12.8 Å². The maximum Gasteiger partial charge on any atom is 0.0645 e. The van der Waals surface area contributed by atoms with E-state index in [1.807, 2.05) is 0 Å². The second-order valence-electron chi connectivity index (χ2n) is 2.52. The van der Waals surface area contributed by atoms with Gasteiger partial charge in [-0.15, -0.1) is 0 Å². The first-order valence-corrected chi connectivity index (χ1v) is 5.31. The van der Waals surface area contributed by atoms with Gasteiger partial charge >= 0.3 is 0 Å². The van der Waals surface area contributed by atoms with Crippen LogP contribution in [-0.2, 0) is 9.52 Å². The molecule has 1 atom stereocenters. The Balaban J connectivity index is 2.56. The van der Waals surface area contributed by atoms with Gasteiger partial charge in [-0.05, 0) is 34.8 Å². The van der Waals surface area contributed by atoms with Gasteiger partial charge in [-0.2, -0.15) is 0 Å². The summed E-state index contributed by atoms with van der Waals surface area (Å²) in [4.78, 5) is 0. The average molecular weight is 147 g/mol. The predicted octanol–water partition coefficient (Wildman–Crippen LogP) is 0.0437. The molecule has 1 fully saturated rings. The van der Waals surface area contributed by atoms with Crippen molar-refractivity contribution in [3.63, 3.8) is 0 Å². The highest BCUT2D eigenvalue weighted by Crippen LogP contribution is 1.99. The molecular weight excluding hydrogens is 134 g/mol. The molecule has 0 amide bonds. The Morgan fingerprint density at radius 2 is 2.22 bits per heavy atom. The molecule has 1 aliphatic heterocycles. The van der Waals surface area contributed by atoms with Crippen molar-refractivity contribution in [3.05, 3.63) is 0 Å². The van der Waals surface area contributed by atoms with E-state index < -0.39 is 9.52 Å². The third-order valence-electron chi connectivity index (χ3n) is 1.49. The topological polar surface area (TPSA) is 29.1 Å². The Bertz CT molecular complexity index is 157. The normalized spacial score (nSPS) is 37.8. The predicted molar refractivity (Wildman–Crippen MR) is 42.2 cm³/mol. The molecule has 1 aliphatic rings. The molecule has 0 bridgehead atoms. The van der Waals surface area contributed by atoms with Crippen LogP contribution in [-0.4, -0.2) is 28.3 Å². The lowest BCUT2D eigenvalue weighted by atomic mass is 10.3. The maximum absolute atomic E-state index is 11.3. The fraction of sp³-hybridized carbons (Fsp3) is 0.833. The van der Waals surface area contributed by atoms with Crippen molar-refractivity contribution < 1.29 is 4.21 Å². The number of hydrogen-bond acceptors (Lipinski definition) is 2. The molecule has 0 aromatic heterocycles. The van der Waals surface area contributed by atoms with Gasteiger partial charge in [0.2, 0.25) is 0 Å². The van der Waals surface area contributed by atoms with E-state index in [0.29, 0.717) is 5.88 Å². The van der Waals surface area contributed by atoms with Crippen molar-refractivity contribution in [2.45, 2.75) is 12.8 Å². The van der Waals surface area contributed by atoms with Gasteiger partial charge in [-0.1, -0.05) is 0 Å². The van der Waals surface area contributed by atoms with Gasteiger partial charge in [0.1, 0.15) is 0 Å². The number of rotatable bonds is 0. The molecule has 0 radical (unpaired) electrons. The van der Waals surface area contributed by atoms with E-state index >= 15 is 0 Å². The standard InChI is InChI=1S/C6H13NOS/c1-9(8)5-3-2-4-7-6-9/h7H,1-6H2. The van der Waals surface area contributed by atoms with Crippen LogP contribution in [0.5, 0.6) is 0 Å². The van der Waals surface area contributed by atoms with Gasteiger partial charge in [-0.25, -0.2) is 0 Å². The van der Waals surface area contributed by atoms with Crippen LogP contribution in [0.2, 0.25) is 0 Å². The molecule has 9 heavy (non-hydrogen) atoms. The van der Waals surface area contributed by atoms with E-state index in [4.69, 9.17) is 0 Å². The van der Waals surface area contributed by atoms with E-state index in [1.165, 1.54) is 0 Å². The Morgan fingerprint density at radius 3 is 3.00 bits per heavy atom. The van der Waals surface area contributed by atoms with Gasteiger partial charge in [0.25, 0.3) is 0 Å². The Morgan fingerprint density at radius 1 is 1.44 bits per heavy atom. The molecule has 2 nitrogen and oxygen atoms in total. The molecule has 0 aliphatic carbocycles. The minimum atomic E-state index is -1.73. The average Bonchev–Trinajstić information content (AvgIpc) is 1.92. The monoisotopic (exact) mass is 147 g/mol. The molecule has 1 rings (SSSR count). The van der Waals surface area contributed by atoms with Crippen LogP contribution in [0.25, 0.3) is 0 Å². The van der Waals surface area contributed by atoms with E-state index in [2.05, 4.69) is 11.2 Å². The van der Waals surface area contributed by atoms with E-state index in [9.17, 15) is 4.21 Å². The smallest absolute Gasteiger partial charge is 0.0645 e. The van der Waals surface area contributed by atoms with Crippen molar-refractivity contribution in [1.29, 1.82) is 0 Å². The summed E-state index contributed by atoms with van der Waals surface area (Å²) >= 11 is 0. The summed E-state index contributed by atoms with van der Waals surface area (Å²) in [5.41, 5.74) is 0. The van der Waals surface area contributed by atoms with Crippen molar-refractivity contribution >= 4 is 15.4 Å². The lowest BCUT2D eigenvalue weighted by Crippen LogP contribution is -2.21. The maximum atomic E-state index is 11.3. The van der Waals surface area contributed by atoms with Gasteiger partial charge in [0, 0.05) is 5.75 Å². The molecule has 54 valence electrons. The van der Waals surface area contributed by atoms with Crippen molar-refractivity contribution in [1.82, 2.24) is 5.32 Å². The van der Waals surface area contributed by atoms with Gasteiger partial charge in [0.15, 0.2) is 0 Å². The van der Waals surface area contributed by atoms with Crippen molar-refractivity contribution in [2.75, 3.05) is 18.2 Å². The summed E-state index contributed by atoms with van der Waals surface area (Å²) in [6.45, 7) is 1.01. The fourth-order valence-electron chi connectivity index (χ4n) is 0.945. The van der Waals surface area contributed by atoms with Crippen LogP contribution in [0.15, 0.2) is 0 Å². The summed E-state index contributed by atoms with van der Waals surface area (Å²) in [6, 6.07) is 0. The van der Waals surface area contributed by atoms with Gasteiger partial charge < -0.3 is 5.32 Å². The number of nitrogens with one attached hydrogen (secondary N) is 1. The molecule has 1 heterocycles. The van der Waals surface area contributed by atoms with Crippen molar-refractivity contribution in [3.8, 4) is 0 Å². The van der Waals surface area contributed by atoms with E-state index in [1.54, 1.807) is 0 Å². The Hall–Kier alpha value is -0.0200. The molecule has 0 aromatic carbocycles. The molecular formula is C6H13NOS. The Kier molecular flexibility index (Phi) is 2.13. The highest BCUT2D eigenvalue weighted by atomic mass is 32.2. The highest BCUT2D eigenvalue weighted by Gasteiger charge is 2.06.